The molecule has 0 saturated carbocycles. The summed E-state index contributed by atoms with van der Waals surface area (Å²) >= 11 is 24.0. The maximum Gasteiger partial charge on any atom is 0.276 e. The van der Waals surface area contributed by atoms with Crippen LogP contribution in [0.4, 0.5) is 5.69 Å². The molecule has 2 aromatic carbocycles. The molecule has 1 amide bonds. The Morgan fingerprint density at radius 2 is 1.77 bits per heavy atom. The molecular weight excluding hydrogens is 420 g/mol. The average molecular weight is 431 g/mol. The number of amides is 1. The number of rotatable bonds is 5. The highest BCUT2D eigenvalue weighted by Gasteiger charge is 2.14. The molecule has 3 rings (SSSR count). The number of anilines is 1. The van der Waals surface area contributed by atoms with E-state index in [0.29, 0.717) is 31.5 Å². The summed E-state index contributed by atoms with van der Waals surface area (Å²) in [5.74, 6) is 0.0173. The van der Waals surface area contributed by atoms with Gasteiger partial charge in [-0.15, -0.1) is 0 Å². The number of aromatic nitrogens is 2. The quantitative estimate of drug-likeness (QED) is 0.557. The van der Waals surface area contributed by atoms with Crippen molar-refractivity contribution in [3.8, 4) is 5.75 Å². The van der Waals surface area contributed by atoms with Crippen molar-refractivity contribution >= 4 is 58.0 Å². The van der Waals surface area contributed by atoms with Gasteiger partial charge in [-0.3, -0.25) is 4.79 Å². The van der Waals surface area contributed by atoms with Gasteiger partial charge in [0.15, 0.2) is 12.4 Å². The molecule has 5 nitrogen and oxygen atoms in total. The van der Waals surface area contributed by atoms with Crippen LogP contribution >= 0.6 is 46.4 Å². The molecule has 0 bridgehead atoms. The molecule has 0 aliphatic heterocycles. The predicted molar refractivity (Wildman–Crippen MR) is 104 cm³/mol. The van der Waals surface area contributed by atoms with Crippen LogP contribution in [-0.2, 0) is 6.73 Å². The number of nitrogens with one attached hydrogen (secondary N) is 1. The summed E-state index contributed by atoms with van der Waals surface area (Å²) in [7, 11) is 0. The molecule has 26 heavy (non-hydrogen) atoms. The van der Waals surface area contributed by atoms with Crippen molar-refractivity contribution in [3.63, 3.8) is 0 Å². The van der Waals surface area contributed by atoms with Crippen LogP contribution in [0.1, 0.15) is 10.5 Å². The Morgan fingerprint density at radius 3 is 2.46 bits per heavy atom. The molecule has 1 aromatic heterocycles. The summed E-state index contributed by atoms with van der Waals surface area (Å²) in [6.07, 6.45) is 1.60. The van der Waals surface area contributed by atoms with Gasteiger partial charge in [-0.25, -0.2) is 4.68 Å². The second kappa shape index (κ2) is 8.18. The van der Waals surface area contributed by atoms with Crippen LogP contribution in [0.15, 0.2) is 48.7 Å². The highest BCUT2D eigenvalue weighted by molar-refractivity contribution is 6.40. The molecule has 0 fully saturated rings. The number of halogens is 4. The van der Waals surface area contributed by atoms with Crippen molar-refractivity contribution in [1.82, 2.24) is 9.78 Å². The average Bonchev–Trinajstić information content (AvgIpc) is 3.06. The van der Waals surface area contributed by atoms with E-state index in [1.807, 2.05) is 0 Å². The van der Waals surface area contributed by atoms with Crippen molar-refractivity contribution in [2.45, 2.75) is 6.73 Å². The van der Waals surface area contributed by atoms with E-state index in [4.69, 9.17) is 51.1 Å². The molecule has 0 aliphatic rings. The van der Waals surface area contributed by atoms with Gasteiger partial charge in [0, 0.05) is 11.2 Å². The first-order valence-electron chi connectivity index (χ1n) is 7.30. The smallest absolute Gasteiger partial charge is 0.276 e. The van der Waals surface area contributed by atoms with Crippen molar-refractivity contribution in [3.05, 3.63) is 74.4 Å². The number of benzene rings is 2. The van der Waals surface area contributed by atoms with Crippen LogP contribution in [0.25, 0.3) is 0 Å². The summed E-state index contributed by atoms with van der Waals surface area (Å²) in [6.45, 7) is 0.0709. The van der Waals surface area contributed by atoms with Gasteiger partial charge in [-0.1, -0.05) is 52.5 Å². The lowest BCUT2D eigenvalue weighted by Crippen LogP contribution is -2.14. The SMILES string of the molecule is O=C(Nc1c(Cl)cccc1Cl)c1ccn(COc2ccc(Cl)cc2Cl)n1. The van der Waals surface area contributed by atoms with Gasteiger partial charge in [0.2, 0.25) is 0 Å². The molecule has 0 spiro atoms. The molecule has 1 heterocycles. The minimum atomic E-state index is -0.441. The second-order valence-electron chi connectivity index (χ2n) is 5.14. The van der Waals surface area contributed by atoms with Crippen molar-refractivity contribution in [2.24, 2.45) is 0 Å². The molecule has 0 saturated heterocycles. The zero-order valence-corrected chi connectivity index (χ0v) is 16.1. The van der Waals surface area contributed by atoms with Gasteiger partial charge < -0.3 is 10.1 Å². The van der Waals surface area contributed by atoms with Crippen LogP contribution < -0.4 is 10.1 Å². The number of hydrogen-bond donors (Lipinski definition) is 1. The Kier molecular flexibility index (Phi) is 5.94. The van der Waals surface area contributed by atoms with E-state index in [0.717, 1.165) is 0 Å². The topological polar surface area (TPSA) is 56.2 Å². The van der Waals surface area contributed by atoms with E-state index in [-0.39, 0.29) is 12.4 Å². The van der Waals surface area contributed by atoms with Crippen molar-refractivity contribution in [2.75, 3.05) is 5.32 Å². The lowest BCUT2D eigenvalue weighted by Gasteiger charge is -2.09. The Hall–Kier alpha value is -1.92. The third-order valence-corrected chi connectivity index (χ3v) is 4.48. The summed E-state index contributed by atoms with van der Waals surface area (Å²) in [5.41, 5.74) is 0.520. The molecule has 0 unspecified atom stereocenters. The zero-order valence-electron chi connectivity index (χ0n) is 13.0. The van der Waals surface area contributed by atoms with Crippen LogP contribution in [0, 0.1) is 0 Å². The van der Waals surface area contributed by atoms with E-state index in [2.05, 4.69) is 10.4 Å². The maximum absolute atomic E-state index is 12.3. The standard InChI is InChI=1S/C17H11Cl4N3O2/c18-10-4-5-15(13(21)8-10)26-9-24-7-6-14(23-24)17(25)22-16-11(19)2-1-3-12(16)20/h1-8H,9H2,(H,22,25). The molecule has 0 radical (unpaired) electrons. The van der Waals surface area contributed by atoms with Gasteiger partial charge >= 0.3 is 0 Å². The number of hydrogen-bond acceptors (Lipinski definition) is 3. The fraction of sp³-hybridized carbons (Fsp3) is 0.0588. The molecule has 134 valence electrons. The molecule has 0 atom stereocenters. The first-order chi connectivity index (χ1) is 12.4. The highest BCUT2D eigenvalue weighted by atomic mass is 35.5. The zero-order chi connectivity index (χ0) is 18.7. The first-order valence-corrected chi connectivity index (χ1v) is 8.82. The molecule has 9 heteroatoms. The fourth-order valence-electron chi connectivity index (χ4n) is 2.08. The van der Waals surface area contributed by atoms with Crippen molar-refractivity contribution < 1.29 is 9.53 Å². The molecular formula is C17H11Cl4N3O2. The van der Waals surface area contributed by atoms with Crippen LogP contribution in [0.2, 0.25) is 20.1 Å². The van der Waals surface area contributed by atoms with E-state index >= 15 is 0 Å². The first kappa shape index (κ1) is 18.9. The van der Waals surface area contributed by atoms with Crippen molar-refractivity contribution in [1.29, 1.82) is 0 Å². The monoisotopic (exact) mass is 429 g/mol. The summed E-state index contributed by atoms with van der Waals surface area (Å²) < 4.78 is 7.02. The van der Waals surface area contributed by atoms with E-state index in [1.54, 1.807) is 48.7 Å². The Balaban J connectivity index is 1.66. The van der Waals surface area contributed by atoms with E-state index in [1.165, 1.54) is 4.68 Å². The number of ether oxygens (including phenoxy) is 1. The molecule has 3 aromatic rings. The minimum absolute atomic E-state index is 0.0709. The lowest BCUT2D eigenvalue weighted by atomic mass is 10.3. The van der Waals surface area contributed by atoms with Crippen LogP contribution in [0.3, 0.4) is 0 Å². The summed E-state index contributed by atoms with van der Waals surface area (Å²) in [4.78, 5) is 12.3. The number of carbonyl (C=O) groups excluding carboxylic acids is 1. The minimum Gasteiger partial charge on any atom is -0.470 e. The van der Waals surface area contributed by atoms with Crippen LogP contribution in [0.5, 0.6) is 5.75 Å². The van der Waals surface area contributed by atoms with Gasteiger partial charge in [0.1, 0.15) is 5.75 Å². The Bertz CT molecular complexity index is 939. The lowest BCUT2D eigenvalue weighted by molar-refractivity contribution is 0.102. The van der Waals surface area contributed by atoms with Gasteiger partial charge in [0.05, 0.1) is 20.8 Å². The van der Waals surface area contributed by atoms with E-state index in [9.17, 15) is 4.79 Å². The third kappa shape index (κ3) is 4.43. The Morgan fingerprint density at radius 1 is 1.04 bits per heavy atom. The van der Waals surface area contributed by atoms with Gasteiger partial charge in [-0.05, 0) is 36.4 Å². The largest absolute Gasteiger partial charge is 0.470 e. The van der Waals surface area contributed by atoms with Gasteiger partial charge in [-0.2, -0.15) is 5.10 Å². The maximum atomic E-state index is 12.3. The fourth-order valence-corrected chi connectivity index (χ4v) is 3.03. The number of para-hydroxylation sites is 1. The summed E-state index contributed by atoms with van der Waals surface area (Å²) in [5, 5.41) is 8.37. The van der Waals surface area contributed by atoms with Gasteiger partial charge in [0.25, 0.3) is 5.91 Å². The third-order valence-electron chi connectivity index (χ3n) is 3.32. The molecule has 1 N–H and O–H groups in total. The van der Waals surface area contributed by atoms with E-state index < -0.39 is 5.91 Å². The van der Waals surface area contributed by atoms with Crippen LogP contribution in [-0.4, -0.2) is 15.7 Å². The number of carbonyl (C=O) groups is 1. The highest BCUT2D eigenvalue weighted by Crippen LogP contribution is 2.30. The predicted octanol–water partition coefficient (Wildman–Crippen LogP) is 5.79. The second-order valence-corrected chi connectivity index (χ2v) is 6.80. The normalized spacial score (nSPS) is 10.6. The molecule has 0 aliphatic carbocycles. The Labute approximate surface area is 169 Å². The number of nitrogens with zero attached hydrogens (tertiary/aromatic N) is 2. The summed E-state index contributed by atoms with van der Waals surface area (Å²) in [6, 6.07) is 11.4.